The van der Waals surface area contributed by atoms with Crippen LogP contribution in [0.4, 0.5) is 56.9 Å². The Hall–Kier alpha value is -9.38. The third kappa shape index (κ3) is 14.3. The largest absolute Gasteiger partial charge is 0.505 e. The maximum Gasteiger partial charge on any atom is 0.297 e. The Labute approximate surface area is 503 Å². The average molecular weight is 1340 g/mol. The van der Waals surface area contributed by atoms with E-state index < -0.39 is 153 Å². The van der Waals surface area contributed by atoms with Gasteiger partial charge >= 0.3 is 0 Å². The van der Waals surface area contributed by atoms with E-state index >= 15 is 0 Å². The molecule has 0 aliphatic heterocycles. The fourth-order valence-electron chi connectivity index (χ4n) is 8.73. The molecule has 9 aromatic carbocycles. The Balaban J connectivity index is 1.16. The average Bonchev–Trinajstić information content (AvgIpc) is 0.776. The number of phenols is 3. The van der Waals surface area contributed by atoms with E-state index in [0.29, 0.717) is 17.3 Å². The van der Waals surface area contributed by atoms with Gasteiger partial charge in [0.2, 0.25) is 0 Å². The van der Waals surface area contributed by atoms with Crippen molar-refractivity contribution in [2.24, 2.45) is 40.9 Å². The lowest BCUT2D eigenvalue weighted by Gasteiger charge is -2.15. The van der Waals surface area contributed by atoms with Crippen LogP contribution in [-0.4, -0.2) is 106 Å². The molecule has 0 radical (unpaired) electrons. The number of anilines is 2. The van der Waals surface area contributed by atoms with Gasteiger partial charge < -0.3 is 25.4 Å². The minimum atomic E-state index is -5.59. The van der Waals surface area contributed by atoms with Crippen LogP contribution in [0, 0.1) is 6.92 Å². The van der Waals surface area contributed by atoms with Crippen molar-refractivity contribution in [1.29, 1.82) is 0 Å². The molecule has 89 heavy (non-hydrogen) atoms. The Bertz CT molecular complexity index is 5290. The number of para-hydroxylation sites is 1. The third-order valence-electron chi connectivity index (χ3n) is 12.6. The summed E-state index contributed by atoms with van der Waals surface area (Å²) in [6, 6.07) is 26.8. The van der Waals surface area contributed by atoms with Crippen molar-refractivity contribution in [3.63, 3.8) is 0 Å². The summed E-state index contributed by atoms with van der Waals surface area (Å²) < 4.78 is 217. The van der Waals surface area contributed by atoms with E-state index in [4.69, 9.17) is 9.29 Å². The van der Waals surface area contributed by atoms with Gasteiger partial charge in [-0.15, -0.1) is 35.8 Å². The van der Waals surface area contributed by atoms with Crippen LogP contribution in [0.1, 0.15) is 12.0 Å². The summed E-state index contributed by atoms with van der Waals surface area (Å²) in [7, 11) is -31.1. The van der Waals surface area contributed by atoms with Crippen molar-refractivity contribution in [2.45, 2.75) is 37.8 Å². The topological polar surface area (TPSA) is 507 Å². The Morgan fingerprint density at radius 3 is 1.53 bits per heavy atom. The first-order valence-corrected chi connectivity index (χ1v) is 33.5. The zero-order valence-corrected chi connectivity index (χ0v) is 49.6. The third-order valence-corrected chi connectivity index (χ3v) is 17.9. The van der Waals surface area contributed by atoms with E-state index in [1.54, 1.807) is 43.3 Å². The zero-order chi connectivity index (χ0) is 64.8. The van der Waals surface area contributed by atoms with Crippen LogP contribution < -0.4 is 10.1 Å². The summed E-state index contributed by atoms with van der Waals surface area (Å²) in [6.45, 7) is 1.36. The molecule has 0 heterocycles. The molecule has 37 heteroatoms. The van der Waals surface area contributed by atoms with Gasteiger partial charge in [0.05, 0.1) is 23.7 Å². The lowest BCUT2D eigenvalue weighted by atomic mass is 10.0. The number of benzene rings is 9. The summed E-state index contributed by atoms with van der Waals surface area (Å²) in [5.74, 6) is -3.74. The number of ether oxygens (including phenoxy) is 1. The van der Waals surface area contributed by atoms with Crippen molar-refractivity contribution in [1.82, 2.24) is 0 Å². The standard InChI is InChI=1S/C52H41N9O22S6/c1-27-12-19-40(83-20-7-21-84(65,66)67)39(22-27)57-61-48-44(88(77,78)79)26-35-33(51(48)64)16-18-38(52(35)89(80,81)82)56-58-45-34-25-43(87(74,75)76)47(50(63)32(34)15-17-37(45)53-29-8-3-2-4-9-29)59-54-30-13-14-31-28(23-30)24-42(86(71,72)73)46(49(31)62)60-55-36-10-5-6-11-41(36)85(68,69)70/h2-6,8-19,22-26,53,62-64H,7,20-21H2,1H3,(H,65,66,67)(H,68,69,70)(H,71,72,73)(H,74,75,76)(H,77,78,79)(H,80,81,82). The predicted molar refractivity (Wildman–Crippen MR) is 316 cm³/mol. The normalized spacial score (nSPS) is 13.1. The highest BCUT2D eigenvalue weighted by atomic mass is 32.2. The van der Waals surface area contributed by atoms with Gasteiger partial charge in [-0.3, -0.25) is 27.3 Å². The van der Waals surface area contributed by atoms with Crippen LogP contribution >= 0.6 is 0 Å². The maximum absolute atomic E-state index is 13.4. The molecule has 31 nitrogen and oxygen atoms in total. The first kappa shape index (κ1) is 64.1. The molecule has 0 aliphatic carbocycles. The van der Waals surface area contributed by atoms with Crippen LogP contribution in [0.3, 0.4) is 0 Å². The van der Waals surface area contributed by atoms with Gasteiger partial charge in [0.15, 0.2) is 17.2 Å². The molecule has 0 bridgehead atoms. The van der Waals surface area contributed by atoms with Gasteiger partial charge in [-0.25, -0.2) is 0 Å². The van der Waals surface area contributed by atoms with Gasteiger partial charge in [-0.05, 0) is 121 Å². The van der Waals surface area contributed by atoms with Crippen molar-refractivity contribution < 1.29 is 97.9 Å². The number of hydrogen-bond donors (Lipinski definition) is 10. The number of rotatable bonds is 20. The Morgan fingerprint density at radius 2 is 0.921 bits per heavy atom. The monoisotopic (exact) mass is 1340 g/mol. The van der Waals surface area contributed by atoms with Gasteiger partial charge in [-0.1, -0.05) is 36.4 Å². The minimum absolute atomic E-state index is 0.0345. The molecule has 10 N–H and O–H groups in total. The van der Waals surface area contributed by atoms with Crippen LogP contribution in [0.25, 0.3) is 32.3 Å². The molecular formula is C52H41N9O22S6. The SMILES string of the molecule is Cc1ccc(OCCCS(=O)(=O)O)c(N=Nc2c(S(=O)(=O)O)cc3c(S(=O)(=O)O)c(N=Nc4c(Nc5ccccc5)ccc5c(O)c(N=Nc6ccc7c(O)c(N=Nc8ccccc8S(=O)(=O)O)c(S(=O)(=O)O)cc7c6)c(S(=O)(=O)O)cc45)ccc3c2O)c1. The second-order valence-corrected chi connectivity index (χ2v) is 27.3. The second kappa shape index (κ2) is 24.3. The maximum atomic E-state index is 13.4. The molecule has 0 amide bonds. The lowest BCUT2D eigenvalue weighted by Crippen LogP contribution is -2.08. The van der Waals surface area contributed by atoms with Crippen molar-refractivity contribution in [3.8, 4) is 23.0 Å². The van der Waals surface area contributed by atoms with E-state index in [1.807, 2.05) is 0 Å². The first-order chi connectivity index (χ1) is 41.6. The Morgan fingerprint density at radius 1 is 0.416 bits per heavy atom. The number of azo groups is 4. The highest BCUT2D eigenvalue weighted by Crippen LogP contribution is 2.50. The summed E-state index contributed by atoms with van der Waals surface area (Å²) in [5.41, 5.74) is -4.00. The van der Waals surface area contributed by atoms with E-state index in [-0.39, 0.29) is 57.4 Å². The molecular weight excluding hydrogens is 1300 g/mol. The summed E-state index contributed by atoms with van der Waals surface area (Å²) in [5, 5.41) is 66.5. The number of aryl methyl sites for hydroxylation is 1. The van der Waals surface area contributed by atoms with Crippen molar-refractivity contribution in [2.75, 3.05) is 17.7 Å². The van der Waals surface area contributed by atoms with E-state index in [0.717, 1.165) is 54.6 Å². The predicted octanol–water partition coefficient (Wildman–Crippen LogP) is 11.9. The van der Waals surface area contributed by atoms with Crippen LogP contribution in [0.15, 0.2) is 199 Å². The highest BCUT2D eigenvalue weighted by Gasteiger charge is 2.30. The summed E-state index contributed by atoms with van der Waals surface area (Å²) in [6.07, 6.45) is -0.172. The van der Waals surface area contributed by atoms with E-state index in [9.17, 15) is 88.6 Å². The molecule has 0 unspecified atom stereocenters. The van der Waals surface area contributed by atoms with Crippen molar-refractivity contribution >= 4 is 150 Å². The van der Waals surface area contributed by atoms with Gasteiger partial charge in [0.25, 0.3) is 60.7 Å². The quantitative estimate of drug-likeness (QED) is 0.0192. The lowest BCUT2D eigenvalue weighted by molar-refractivity contribution is 0.317. The molecule has 9 rings (SSSR count). The fraction of sp³-hybridized carbons (Fsp3) is 0.0769. The number of nitrogens with zero attached hydrogens (tertiary/aromatic N) is 8. The van der Waals surface area contributed by atoms with Crippen LogP contribution in [0.2, 0.25) is 0 Å². The minimum Gasteiger partial charge on any atom is -0.505 e. The molecule has 0 aromatic heterocycles. The smallest absolute Gasteiger partial charge is 0.297 e. The molecule has 9 aromatic rings. The first-order valence-electron chi connectivity index (χ1n) is 24.7. The summed E-state index contributed by atoms with van der Waals surface area (Å²) >= 11 is 0. The number of fused-ring (bicyclic) bond motifs is 3. The number of hydrogen-bond acceptors (Lipinski definition) is 25. The molecule has 0 saturated heterocycles. The second-order valence-electron chi connectivity index (χ2n) is 18.8. The molecule has 462 valence electrons. The van der Waals surface area contributed by atoms with Gasteiger partial charge in [-0.2, -0.15) is 55.6 Å². The Kier molecular flexibility index (Phi) is 17.5. The van der Waals surface area contributed by atoms with Crippen LogP contribution in [-0.2, 0) is 60.7 Å². The van der Waals surface area contributed by atoms with E-state index in [2.05, 4.69) is 46.2 Å². The molecule has 0 fully saturated rings. The fourth-order valence-corrected chi connectivity index (χ4v) is 12.6. The molecule has 0 saturated carbocycles. The number of phenolic OH excluding ortho intramolecular Hbond substituents is 3. The molecule has 0 atom stereocenters. The van der Waals surface area contributed by atoms with Crippen LogP contribution in [0.5, 0.6) is 23.0 Å². The molecule has 0 aliphatic rings. The number of aromatic hydroxyl groups is 3. The zero-order valence-electron chi connectivity index (χ0n) is 44.7. The van der Waals surface area contributed by atoms with E-state index in [1.165, 1.54) is 36.4 Å². The number of nitrogens with one attached hydrogen (secondary N) is 1. The summed E-state index contributed by atoms with van der Waals surface area (Å²) in [4.78, 5) is -5.44. The van der Waals surface area contributed by atoms with Gasteiger partial charge in [0.1, 0.15) is 70.0 Å². The van der Waals surface area contributed by atoms with Crippen molar-refractivity contribution in [3.05, 3.63) is 139 Å². The highest BCUT2D eigenvalue weighted by molar-refractivity contribution is 7.87. The molecule has 0 spiro atoms. The van der Waals surface area contributed by atoms with Gasteiger partial charge in [0, 0.05) is 32.6 Å².